The minimum absolute atomic E-state index is 0.124. The van der Waals surface area contributed by atoms with Crippen molar-refractivity contribution in [3.05, 3.63) is 29.8 Å². The van der Waals surface area contributed by atoms with Gasteiger partial charge in [-0.1, -0.05) is 31.0 Å². The molecule has 0 N–H and O–H groups in total. The summed E-state index contributed by atoms with van der Waals surface area (Å²) in [7, 11) is 0. The van der Waals surface area contributed by atoms with Crippen molar-refractivity contribution >= 4 is 0 Å². The highest BCUT2D eigenvalue weighted by Crippen LogP contribution is 2.53. The van der Waals surface area contributed by atoms with Crippen molar-refractivity contribution in [2.45, 2.75) is 63.8 Å². The summed E-state index contributed by atoms with van der Waals surface area (Å²) in [5, 5.41) is 0. The van der Waals surface area contributed by atoms with Crippen LogP contribution in [0.3, 0.4) is 0 Å². The maximum absolute atomic E-state index is 6.58. The summed E-state index contributed by atoms with van der Waals surface area (Å²) in [6.07, 6.45) is 7.26. The molecule has 108 valence electrons. The van der Waals surface area contributed by atoms with Crippen LogP contribution < -0.4 is 4.74 Å². The van der Waals surface area contributed by atoms with Gasteiger partial charge in [-0.05, 0) is 45.1 Å². The van der Waals surface area contributed by atoms with Crippen molar-refractivity contribution in [3.63, 3.8) is 0 Å². The van der Waals surface area contributed by atoms with Crippen molar-refractivity contribution in [2.24, 2.45) is 11.8 Å². The van der Waals surface area contributed by atoms with Gasteiger partial charge in [0.25, 0.3) is 0 Å². The third-order valence-corrected chi connectivity index (χ3v) is 5.57. The molecule has 2 fully saturated rings. The summed E-state index contributed by atoms with van der Waals surface area (Å²) >= 11 is 0. The third-order valence-electron chi connectivity index (χ3n) is 5.57. The maximum atomic E-state index is 6.58. The van der Waals surface area contributed by atoms with Crippen molar-refractivity contribution < 1.29 is 9.47 Å². The molecule has 0 spiro atoms. The zero-order valence-electron chi connectivity index (χ0n) is 12.5. The molecule has 20 heavy (non-hydrogen) atoms. The molecule has 0 bridgehead atoms. The summed E-state index contributed by atoms with van der Waals surface area (Å²) in [5.74, 6) is 2.25. The highest BCUT2D eigenvalue weighted by molar-refractivity contribution is 5.39. The quantitative estimate of drug-likeness (QED) is 0.692. The highest BCUT2D eigenvalue weighted by Gasteiger charge is 2.50. The van der Waals surface area contributed by atoms with Gasteiger partial charge in [0.2, 0.25) is 0 Å². The normalized spacial score (nSPS) is 38.1. The van der Waals surface area contributed by atoms with Crippen LogP contribution in [0.2, 0.25) is 0 Å². The molecule has 2 heteroatoms. The van der Waals surface area contributed by atoms with Crippen LogP contribution in [0.1, 0.15) is 57.6 Å². The van der Waals surface area contributed by atoms with Crippen LogP contribution in [-0.2, 0) is 4.74 Å². The zero-order chi connectivity index (χ0) is 13.7. The smallest absolute Gasteiger partial charge is 0.125 e. The van der Waals surface area contributed by atoms with E-state index in [1.807, 2.05) is 0 Å². The predicted molar refractivity (Wildman–Crippen MR) is 78.8 cm³/mol. The lowest BCUT2D eigenvalue weighted by Crippen LogP contribution is -2.51. The van der Waals surface area contributed by atoms with Crippen molar-refractivity contribution in [1.82, 2.24) is 0 Å². The number of hydrogen-bond donors (Lipinski definition) is 0. The first kappa shape index (κ1) is 12.7. The Morgan fingerprint density at radius 2 is 1.90 bits per heavy atom. The van der Waals surface area contributed by atoms with Gasteiger partial charge in [-0.25, -0.2) is 0 Å². The van der Waals surface area contributed by atoms with Gasteiger partial charge in [-0.2, -0.15) is 0 Å². The Balaban J connectivity index is 1.72. The van der Waals surface area contributed by atoms with Gasteiger partial charge in [0.05, 0.1) is 12.2 Å². The lowest BCUT2D eigenvalue weighted by molar-refractivity contribution is -0.181. The van der Waals surface area contributed by atoms with Crippen LogP contribution in [0.15, 0.2) is 24.3 Å². The zero-order valence-corrected chi connectivity index (χ0v) is 12.5. The number of hydrogen-bond acceptors (Lipinski definition) is 2. The van der Waals surface area contributed by atoms with E-state index in [1.165, 1.54) is 37.7 Å². The van der Waals surface area contributed by atoms with Crippen LogP contribution >= 0.6 is 0 Å². The largest absolute Gasteiger partial charge is 0.487 e. The Morgan fingerprint density at radius 1 is 1.10 bits per heavy atom. The van der Waals surface area contributed by atoms with E-state index in [9.17, 15) is 0 Å². The second-order valence-electron chi connectivity index (χ2n) is 7.23. The molecule has 3 aliphatic rings. The Labute approximate surface area is 121 Å². The van der Waals surface area contributed by atoms with E-state index in [0.29, 0.717) is 12.0 Å². The minimum Gasteiger partial charge on any atom is -0.487 e. The summed E-state index contributed by atoms with van der Waals surface area (Å²) in [6, 6.07) is 8.43. The van der Waals surface area contributed by atoms with Gasteiger partial charge >= 0.3 is 0 Å². The summed E-state index contributed by atoms with van der Waals surface area (Å²) in [4.78, 5) is 0. The molecule has 2 heterocycles. The van der Waals surface area contributed by atoms with E-state index in [0.717, 1.165) is 11.7 Å². The monoisotopic (exact) mass is 272 g/mol. The molecule has 0 amide bonds. The molecule has 1 saturated heterocycles. The Hall–Kier alpha value is -1.02. The average Bonchev–Trinajstić information content (AvgIpc) is 2.45. The van der Waals surface area contributed by atoms with Gasteiger partial charge in [0, 0.05) is 11.5 Å². The van der Waals surface area contributed by atoms with E-state index >= 15 is 0 Å². The van der Waals surface area contributed by atoms with E-state index in [2.05, 4.69) is 38.1 Å². The number of ether oxygens (including phenoxy) is 2. The number of benzene rings is 1. The molecule has 2 nitrogen and oxygen atoms in total. The molecule has 2 aliphatic heterocycles. The summed E-state index contributed by atoms with van der Waals surface area (Å²) in [6.45, 7) is 4.46. The van der Waals surface area contributed by atoms with Crippen LogP contribution in [-0.4, -0.2) is 11.7 Å². The van der Waals surface area contributed by atoms with Gasteiger partial charge < -0.3 is 9.47 Å². The fourth-order valence-corrected chi connectivity index (χ4v) is 4.46. The van der Waals surface area contributed by atoms with Gasteiger partial charge in [-0.15, -0.1) is 0 Å². The van der Waals surface area contributed by atoms with Crippen LogP contribution in [0.4, 0.5) is 0 Å². The Morgan fingerprint density at radius 3 is 2.80 bits per heavy atom. The molecule has 0 aromatic heterocycles. The highest BCUT2D eigenvalue weighted by atomic mass is 16.5. The molecule has 0 radical (unpaired) electrons. The number of para-hydroxylation sites is 1. The molecule has 1 aliphatic carbocycles. The molecule has 4 rings (SSSR count). The van der Waals surface area contributed by atoms with Crippen LogP contribution in [0.25, 0.3) is 0 Å². The van der Waals surface area contributed by atoms with E-state index in [4.69, 9.17) is 9.47 Å². The number of fused-ring (bicyclic) bond motifs is 4. The molecular formula is C18H24O2. The van der Waals surface area contributed by atoms with Gasteiger partial charge in [0.1, 0.15) is 11.4 Å². The Bertz CT molecular complexity index is 508. The first-order valence-electron chi connectivity index (χ1n) is 8.08. The standard InChI is InChI=1S/C18H24O2/c1-18(2)14-11-12-7-3-5-9-15(12)19-17(14)13-8-4-6-10-16(13)20-18/h4,6,8,10,12,14-15,17H,3,5,7,9,11H2,1-2H3/t12-,14-,15-,17+/m1/s1. The van der Waals surface area contributed by atoms with Crippen LogP contribution in [0.5, 0.6) is 5.75 Å². The SMILES string of the molecule is CC1(C)Oc2ccccc2[C@@H]2O[C@@H]3CCCC[C@@H]3C[C@H]21. The third kappa shape index (κ3) is 1.88. The fraction of sp³-hybridized carbons (Fsp3) is 0.667. The van der Waals surface area contributed by atoms with E-state index < -0.39 is 0 Å². The summed E-state index contributed by atoms with van der Waals surface area (Å²) in [5.41, 5.74) is 1.14. The van der Waals surface area contributed by atoms with E-state index in [-0.39, 0.29) is 11.7 Å². The molecule has 1 aromatic rings. The molecule has 4 atom stereocenters. The van der Waals surface area contributed by atoms with Crippen LogP contribution in [0, 0.1) is 11.8 Å². The lowest BCUT2D eigenvalue weighted by atomic mass is 9.69. The fourth-order valence-electron chi connectivity index (χ4n) is 4.46. The van der Waals surface area contributed by atoms with E-state index in [1.54, 1.807) is 0 Å². The maximum Gasteiger partial charge on any atom is 0.125 e. The van der Waals surface area contributed by atoms with Crippen molar-refractivity contribution in [2.75, 3.05) is 0 Å². The Kier molecular flexibility index (Phi) is 2.85. The van der Waals surface area contributed by atoms with Crippen molar-refractivity contribution in [3.8, 4) is 5.75 Å². The first-order valence-corrected chi connectivity index (χ1v) is 8.08. The van der Waals surface area contributed by atoms with Gasteiger partial charge in [0.15, 0.2) is 0 Å². The lowest BCUT2D eigenvalue weighted by Gasteiger charge is -2.52. The first-order chi connectivity index (χ1) is 9.65. The second kappa shape index (κ2) is 4.49. The molecular weight excluding hydrogens is 248 g/mol. The summed E-state index contributed by atoms with van der Waals surface area (Å²) < 4.78 is 12.9. The van der Waals surface area contributed by atoms with Gasteiger partial charge in [-0.3, -0.25) is 0 Å². The minimum atomic E-state index is -0.124. The molecule has 1 aromatic carbocycles. The average molecular weight is 272 g/mol. The second-order valence-corrected chi connectivity index (χ2v) is 7.23. The topological polar surface area (TPSA) is 18.5 Å². The number of rotatable bonds is 0. The predicted octanol–water partition coefficient (Wildman–Crippen LogP) is 4.49. The molecule has 1 saturated carbocycles. The van der Waals surface area contributed by atoms with Crippen molar-refractivity contribution in [1.29, 1.82) is 0 Å². The molecule has 0 unspecified atom stereocenters.